The van der Waals surface area contributed by atoms with Crippen LogP contribution < -0.4 is 5.56 Å². The van der Waals surface area contributed by atoms with E-state index in [4.69, 9.17) is 23.2 Å². The number of para-hydroxylation sites is 1. The molecule has 92 valence electrons. The fourth-order valence-corrected chi connectivity index (χ4v) is 1.86. The third kappa shape index (κ3) is 2.30. The maximum absolute atomic E-state index is 13.7. The molecule has 0 spiro atoms. The summed E-state index contributed by atoms with van der Waals surface area (Å²) in [6, 6.07) is 6.43. The minimum absolute atomic E-state index is 0.0660. The quantitative estimate of drug-likeness (QED) is 0.796. The molecule has 18 heavy (non-hydrogen) atoms. The Hall–Kier alpha value is -1.65. The molecule has 3 nitrogen and oxygen atoms in total. The van der Waals surface area contributed by atoms with Crippen molar-refractivity contribution in [3.05, 3.63) is 63.3 Å². The first-order chi connectivity index (χ1) is 8.50. The number of benzene rings is 1. The summed E-state index contributed by atoms with van der Waals surface area (Å²) in [7, 11) is 0. The van der Waals surface area contributed by atoms with Crippen molar-refractivity contribution in [1.29, 1.82) is 0 Å². The maximum Gasteiger partial charge on any atom is 0.255 e. The fourth-order valence-electron chi connectivity index (χ4n) is 1.50. The molecule has 0 fully saturated rings. The molecule has 0 aliphatic heterocycles. The van der Waals surface area contributed by atoms with Crippen molar-refractivity contribution in [3.8, 4) is 5.69 Å². The van der Waals surface area contributed by atoms with Crippen molar-refractivity contribution in [3.63, 3.8) is 0 Å². The number of carbonyl (C=O) groups excluding carboxylic acids is 1. The van der Waals surface area contributed by atoms with Gasteiger partial charge in [0.15, 0.2) is 0 Å². The van der Waals surface area contributed by atoms with Gasteiger partial charge in [-0.2, -0.15) is 0 Å². The lowest BCUT2D eigenvalue weighted by Crippen LogP contribution is -2.19. The van der Waals surface area contributed by atoms with Gasteiger partial charge in [0.05, 0.1) is 10.6 Å². The van der Waals surface area contributed by atoms with Crippen LogP contribution >= 0.6 is 23.2 Å². The summed E-state index contributed by atoms with van der Waals surface area (Å²) < 4.78 is 14.6. The summed E-state index contributed by atoms with van der Waals surface area (Å²) >= 11 is 11.2. The molecular formula is C12H6Cl2FNO2. The summed E-state index contributed by atoms with van der Waals surface area (Å²) in [5.41, 5.74) is -0.539. The Kier molecular flexibility index (Phi) is 3.50. The second-order valence-corrected chi connectivity index (χ2v) is 4.22. The molecule has 1 aromatic carbocycles. The van der Waals surface area contributed by atoms with Crippen LogP contribution in [0.1, 0.15) is 10.4 Å². The van der Waals surface area contributed by atoms with Gasteiger partial charge < -0.3 is 0 Å². The normalized spacial score (nSPS) is 10.4. The molecule has 0 aliphatic rings. The van der Waals surface area contributed by atoms with E-state index in [2.05, 4.69) is 0 Å². The van der Waals surface area contributed by atoms with Crippen molar-refractivity contribution in [2.24, 2.45) is 0 Å². The van der Waals surface area contributed by atoms with Crippen LogP contribution in [0.3, 0.4) is 0 Å². The lowest BCUT2D eigenvalue weighted by molar-refractivity contribution is 0.108. The van der Waals surface area contributed by atoms with Gasteiger partial charge in [-0.05, 0) is 29.8 Å². The second kappa shape index (κ2) is 4.92. The Morgan fingerprint density at radius 2 is 1.94 bits per heavy atom. The van der Waals surface area contributed by atoms with Crippen LogP contribution in [0.15, 0.2) is 41.3 Å². The zero-order valence-electron chi connectivity index (χ0n) is 8.86. The third-order valence-electron chi connectivity index (χ3n) is 2.32. The first-order valence-electron chi connectivity index (χ1n) is 4.87. The average Bonchev–Trinajstić information content (AvgIpc) is 2.30. The van der Waals surface area contributed by atoms with E-state index in [1.165, 1.54) is 24.3 Å². The standard InChI is InChI=1S/C12H6Cl2FNO2/c13-8-2-1-3-9(15)11(8)16-6-7(12(14)18)4-5-10(16)17/h1-6H. The third-order valence-corrected chi connectivity index (χ3v) is 2.84. The Balaban J connectivity index is 2.75. The van der Waals surface area contributed by atoms with E-state index in [9.17, 15) is 14.0 Å². The number of halogens is 3. The van der Waals surface area contributed by atoms with Crippen molar-refractivity contribution in [2.75, 3.05) is 0 Å². The van der Waals surface area contributed by atoms with E-state index < -0.39 is 16.6 Å². The van der Waals surface area contributed by atoms with E-state index in [1.807, 2.05) is 0 Å². The lowest BCUT2D eigenvalue weighted by atomic mass is 10.2. The molecule has 0 aliphatic carbocycles. The monoisotopic (exact) mass is 285 g/mol. The van der Waals surface area contributed by atoms with Gasteiger partial charge in [0.25, 0.3) is 10.8 Å². The average molecular weight is 286 g/mol. The Labute approximate surface area is 111 Å². The molecule has 0 bridgehead atoms. The zero-order valence-corrected chi connectivity index (χ0v) is 10.4. The van der Waals surface area contributed by atoms with Crippen LogP contribution in [0.2, 0.25) is 5.02 Å². The topological polar surface area (TPSA) is 39.1 Å². The van der Waals surface area contributed by atoms with Gasteiger partial charge in [-0.15, -0.1) is 0 Å². The summed E-state index contributed by atoms with van der Waals surface area (Å²) in [5, 5.41) is -0.674. The Bertz CT molecular complexity index is 662. The number of rotatable bonds is 2. The molecule has 1 aromatic heterocycles. The first-order valence-corrected chi connectivity index (χ1v) is 5.63. The SMILES string of the molecule is O=C(Cl)c1ccc(=O)n(-c2c(F)cccc2Cl)c1. The molecular weight excluding hydrogens is 280 g/mol. The maximum atomic E-state index is 13.7. The summed E-state index contributed by atoms with van der Waals surface area (Å²) in [4.78, 5) is 22.7. The number of nitrogens with zero attached hydrogens (tertiary/aromatic N) is 1. The van der Waals surface area contributed by atoms with Crippen molar-refractivity contribution >= 4 is 28.4 Å². The number of aromatic nitrogens is 1. The zero-order chi connectivity index (χ0) is 13.3. The predicted octanol–water partition coefficient (Wildman–Crippen LogP) is 3.01. The van der Waals surface area contributed by atoms with E-state index >= 15 is 0 Å². The van der Waals surface area contributed by atoms with Gasteiger partial charge >= 0.3 is 0 Å². The van der Waals surface area contributed by atoms with E-state index in [-0.39, 0.29) is 16.3 Å². The molecule has 0 atom stereocenters. The van der Waals surface area contributed by atoms with Crippen LogP contribution in [0.5, 0.6) is 0 Å². The number of carbonyl (C=O) groups is 1. The highest BCUT2D eigenvalue weighted by molar-refractivity contribution is 6.67. The van der Waals surface area contributed by atoms with E-state index in [0.29, 0.717) is 0 Å². The van der Waals surface area contributed by atoms with Crippen molar-refractivity contribution in [2.45, 2.75) is 0 Å². The largest absolute Gasteiger partial charge is 0.279 e. The summed E-state index contributed by atoms with van der Waals surface area (Å²) in [6.45, 7) is 0. The molecule has 2 aromatic rings. The molecule has 2 rings (SSSR count). The molecule has 0 amide bonds. The van der Waals surface area contributed by atoms with Crippen LogP contribution in [0, 0.1) is 5.82 Å². The van der Waals surface area contributed by atoms with E-state index in [0.717, 1.165) is 16.8 Å². The minimum atomic E-state index is -0.740. The number of pyridine rings is 1. The predicted molar refractivity (Wildman–Crippen MR) is 67.2 cm³/mol. The smallest absolute Gasteiger partial charge is 0.255 e. The number of hydrogen-bond donors (Lipinski definition) is 0. The van der Waals surface area contributed by atoms with E-state index in [1.54, 1.807) is 0 Å². The van der Waals surface area contributed by atoms with Gasteiger partial charge in [-0.1, -0.05) is 17.7 Å². The van der Waals surface area contributed by atoms with Crippen LogP contribution in [-0.2, 0) is 0 Å². The van der Waals surface area contributed by atoms with Gasteiger partial charge in [0.2, 0.25) is 0 Å². The fraction of sp³-hybridized carbons (Fsp3) is 0. The highest BCUT2D eigenvalue weighted by atomic mass is 35.5. The van der Waals surface area contributed by atoms with Gasteiger partial charge in [0.1, 0.15) is 11.5 Å². The Morgan fingerprint density at radius 3 is 2.56 bits per heavy atom. The molecule has 0 N–H and O–H groups in total. The number of hydrogen-bond acceptors (Lipinski definition) is 2. The first kappa shape index (κ1) is 12.8. The van der Waals surface area contributed by atoms with Gasteiger partial charge in [-0.3, -0.25) is 14.2 Å². The molecule has 0 saturated carbocycles. The summed E-state index contributed by atoms with van der Waals surface area (Å²) in [6.07, 6.45) is 1.15. The molecule has 0 unspecified atom stereocenters. The van der Waals surface area contributed by atoms with Gasteiger partial charge in [0, 0.05) is 12.3 Å². The van der Waals surface area contributed by atoms with Crippen molar-refractivity contribution < 1.29 is 9.18 Å². The van der Waals surface area contributed by atoms with Gasteiger partial charge in [-0.25, -0.2) is 4.39 Å². The molecule has 0 radical (unpaired) electrons. The van der Waals surface area contributed by atoms with Crippen LogP contribution in [0.25, 0.3) is 5.69 Å². The Morgan fingerprint density at radius 1 is 1.22 bits per heavy atom. The highest BCUT2D eigenvalue weighted by Crippen LogP contribution is 2.22. The summed E-state index contributed by atoms with van der Waals surface area (Å²) in [5.74, 6) is -0.663. The lowest BCUT2D eigenvalue weighted by Gasteiger charge is -2.09. The molecule has 6 heteroatoms. The second-order valence-electron chi connectivity index (χ2n) is 3.47. The molecule has 1 heterocycles. The van der Waals surface area contributed by atoms with Crippen LogP contribution in [0.4, 0.5) is 4.39 Å². The van der Waals surface area contributed by atoms with Crippen LogP contribution in [-0.4, -0.2) is 9.81 Å². The minimum Gasteiger partial charge on any atom is -0.279 e. The molecule has 0 saturated heterocycles. The van der Waals surface area contributed by atoms with Crippen molar-refractivity contribution in [1.82, 2.24) is 4.57 Å². The highest BCUT2D eigenvalue weighted by Gasteiger charge is 2.12.